The lowest BCUT2D eigenvalue weighted by molar-refractivity contribution is 0.589. The first-order chi connectivity index (χ1) is 5.88. The molecule has 0 aromatic carbocycles. The van der Waals surface area contributed by atoms with Gasteiger partial charge in [0, 0.05) is 36.9 Å². The van der Waals surface area contributed by atoms with Gasteiger partial charge in [0.05, 0.1) is 10.2 Å². The molecule has 0 saturated carbocycles. The van der Waals surface area contributed by atoms with Crippen LogP contribution < -0.4 is 10.2 Å². The van der Waals surface area contributed by atoms with Gasteiger partial charge in [0.2, 0.25) is 0 Å². The van der Waals surface area contributed by atoms with E-state index in [2.05, 4.69) is 36.9 Å². The minimum atomic E-state index is 1.10. The fourth-order valence-corrected chi connectivity index (χ4v) is 2.96. The third kappa shape index (κ3) is 1.65. The predicted molar refractivity (Wildman–Crippen MR) is 57.1 cm³/mol. The van der Waals surface area contributed by atoms with E-state index < -0.39 is 0 Å². The first-order valence-corrected chi connectivity index (χ1v) is 5.79. The molecule has 1 fully saturated rings. The number of halogens is 1. The third-order valence-corrected chi connectivity index (χ3v) is 3.72. The Kier molecular flexibility index (Phi) is 2.68. The van der Waals surface area contributed by atoms with Crippen LogP contribution in [-0.4, -0.2) is 26.2 Å². The maximum Gasteiger partial charge on any atom is 0.0620 e. The molecule has 2 rings (SSSR count). The molecule has 1 aromatic rings. The molecule has 0 aliphatic carbocycles. The van der Waals surface area contributed by atoms with Crippen LogP contribution in [-0.2, 0) is 0 Å². The molecule has 1 saturated heterocycles. The van der Waals surface area contributed by atoms with Crippen molar-refractivity contribution in [1.82, 2.24) is 5.32 Å². The molecule has 4 heteroatoms. The van der Waals surface area contributed by atoms with Crippen molar-refractivity contribution in [2.45, 2.75) is 0 Å². The Labute approximate surface area is 84.7 Å². The van der Waals surface area contributed by atoms with Gasteiger partial charge in [-0.25, -0.2) is 0 Å². The zero-order chi connectivity index (χ0) is 8.39. The molecule has 1 N–H and O–H groups in total. The lowest BCUT2D eigenvalue weighted by Gasteiger charge is -2.28. The van der Waals surface area contributed by atoms with E-state index in [4.69, 9.17) is 0 Å². The minimum absolute atomic E-state index is 1.10. The summed E-state index contributed by atoms with van der Waals surface area (Å²) in [4.78, 5) is 2.41. The summed E-state index contributed by atoms with van der Waals surface area (Å²) in [5, 5.41) is 7.68. The number of hydrogen-bond donors (Lipinski definition) is 1. The van der Waals surface area contributed by atoms with E-state index in [1.165, 1.54) is 10.2 Å². The van der Waals surface area contributed by atoms with E-state index >= 15 is 0 Å². The monoisotopic (exact) mass is 246 g/mol. The fraction of sp³-hybridized carbons (Fsp3) is 0.500. The number of nitrogens with zero attached hydrogens (tertiary/aromatic N) is 1. The van der Waals surface area contributed by atoms with Crippen LogP contribution in [0.3, 0.4) is 0 Å². The SMILES string of the molecule is Brc1cscc1N1CCNCC1. The van der Waals surface area contributed by atoms with Crippen molar-refractivity contribution in [3.05, 3.63) is 15.2 Å². The van der Waals surface area contributed by atoms with E-state index in [1.807, 2.05) is 0 Å². The summed E-state index contributed by atoms with van der Waals surface area (Å²) in [6.07, 6.45) is 0. The van der Waals surface area contributed by atoms with E-state index in [-0.39, 0.29) is 0 Å². The van der Waals surface area contributed by atoms with Crippen LogP contribution in [0.4, 0.5) is 5.69 Å². The van der Waals surface area contributed by atoms with Crippen LogP contribution in [0.1, 0.15) is 0 Å². The van der Waals surface area contributed by atoms with Gasteiger partial charge in [0.1, 0.15) is 0 Å². The standard InChI is InChI=1S/C8H11BrN2S/c9-7-5-12-6-8(7)11-3-1-10-2-4-11/h5-6,10H,1-4H2. The molecule has 0 amide bonds. The normalized spacial score (nSPS) is 18.2. The number of anilines is 1. The van der Waals surface area contributed by atoms with Crippen LogP contribution in [0.2, 0.25) is 0 Å². The van der Waals surface area contributed by atoms with Crippen LogP contribution >= 0.6 is 27.3 Å². The molecule has 1 aromatic heterocycles. The number of hydrogen-bond acceptors (Lipinski definition) is 3. The third-order valence-electron chi connectivity index (χ3n) is 2.05. The van der Waals surface area contributed by atoms with Crippen molar-refractivity contribution in [2.24, 2.45) is 0 Å². The average Bonchev–Trinajstić information content (AvgIpc) is 2.53. The summed E-state index contributed by atoms with van der Waals surface area (Å²) < 4.78 is 1.23. The van der Waals surface area contributed by atoms with Gasteiger partial charge in [-0.1, -0.05) is 0 Å². The highest BCUT2D eigenvalue weighted by molar-refractivity contribution is 9.10. The molecule has 0 spiro atoms. The Hall–Kier alpha value is -0.0600. The lowest BCUT2D eigenvalue weighted by atomic mass is 10.3. The van der Waals surface area contributed by atoms with Crippen molar-refractivity contribution < 1.29 is 0 Å². The molecule has 0 radical (unpaired) electrons. The van der Waals surface area contributed by atoms with Gasteiger partial charge in [-0.3, -0.25) is 0 Å². The molecule has 0 bridgehead atoms. The Bertz CT molecular complexity index is 255. The van der Waals surface area contributed by atoms with Crippen LogP contribution in [0.5, 0.6) is 0 Å². The van der Waals surface area contributed by atoms with Gasteiger partial charge in [-0.2, -0.15) is 0 Å². The van der Waals surface area contributed by atoms with Gasteiger partial charge in [-0.05, 0) is 15.9 Å². The Morgan fingerprint density at radius 3 is 2.67 bits per heavy atom. The van der Waals surface area contributed by atoms with E-state index in [9.17, 15) is 0 Å². The fourth-order valence-electron chi connectivity index (χ4n) is 1.41. The van der Waals surface area contributed by atoms with Gasteiger partial charge in [0.25, 0.3) is 0 Å². The molecule has 66 valence electrons. The largest absolute Gasteiger partial charge is 0.367 e. The zero-order valence-electron chi connectivity index (χ0n) is 6.72. The summed E-state index contributed by atoms with van der Waals surface area (Å²) in [7, 11) is 0. The highest BCUT2D eigenvalue weighted by Crippen LogP contribution is 2.30. The van der Waals surface area contributed by atoms with Crippen molar-refractivity contribution in [3.8, 4) is 0 Å². The second-order valence-corrected chi connectivity index (χ2v) is 4.44. The second kappa shape index (κ2) is 3.77. The Morgan fingerprint density at radius 1 is 1.33 bits per heavy atom. The van der Waals surface area contributed by atoms with Crippen LogP contribution in [0, 0.1) is 0 Å². The quantitative estimate of drug-likeness (QED) is 0.815. The summed E-state index contributed by atoms with van der Waals surface area (Å²) in [6.45, 7) is 4.44. The molecule has 2 heterocycles. The van der Waals surface area contributed by atoms with Gasteiger partial charge >= 0.3 is 0 Å². The summed E-state index contributed by atoms with van der Waals surface area (Å²) in [5.74, 6) is 0. The molecular formula is C8H11BrN2S. The van der Waals surface area contributed by atoms with Crippen molar-refractivity contribution in [3.63, 3.8) is 0 Å². The number of nitrogens with one attached hydrogen (secondary N) is 1. The molecule has 1 aliphatic rings. The zero-order valence-corrected chi connectivity index (χ0v) is 9.12. The van der Waals surface area contributed by atoms with E-state index in [0.29, 0.717) is 0 Å². The van der Waals surface area contributed by atoms with Crippen molar-refractivity contribution in [1.29, 1.82) is 0 Å². The smallest absolute Gasteiger partial charge is 0.0620 e. The van der Waals surface area contributed by atoms with E-state index in [0.717, 1.165) is 26.2 Å². The molecule has 12 heavy (non-hydrogen) atoms. The molecule has 2 nitrogen and oxygen atoms in total. The lowest BCUT2D eigenvalue weighted by Crippen LogP contribution is -2.43. The maximum atomic E-state index is 3.55. The molecule has 0 unspecified atom stereocenters. The number of thiophene rings is 1. The topological polar surface area (TPSA) is 15.3 Å². The van der Waals surface area contributed by atoms with Crippen molar-refractivity contribution >= 4 is 33.0 Å². The van der Waals surface area contributed by atoms with Gasteiger partial charge in [0.15, 0.2) is 0 Å². The van der Waals surface area contributed by atoms with Crippen LogP contribution in [0.25, 0.3) is 0 Å². The molecular weight excluding hydrogens is 236 g/mol. The van der Waals surface area contributed by atoms with Gasteiger partial charge < -0.3 is 10.2 Å². The predicted octanol–water partition coefficient (Wildman–Crippen LogP) is 1.92. The second-order valence-electron chi connectivity index (χ2n) is 2.84. The minimum Gasteiger partial charge on any atom is -0.367 e. The maximum absolute atomic E-state index is 3.55. The summed E-state index contributed by atoms with van der Waals surface area (Å²) in [6, 6.07) is 0. The Balaban J connectivity index is 2.13. The summed E-state index contributed by atoms with van der Waals surface area (Å²) >= 11 is 5.30. The summed E-state index contributed by atoms with van der Waals surface area (Å²) in [5.41, 5.74) is 1.35. The number of piperazine rings is 1. The van der Waals surface area contributed by atoms with Crippen molar-refractivity contribution in [2.75, 3.05) is 31.1 Å². The van der Waals surface area contributed by atoms with Crippen LogP contribution in [0.15, 0.2) is 15.2 Å². The molecule has 1 aliphatic heterocycles. The number of rotatable bonds is 1. The average molecular weight is 247 g/mol. The first kappa shape index (κ1) is 8.53. The highest BCUT2D eigenvalue weighted by atomic mass is 79.9. The molecule has 0 atom stereocenters. The Morgan fingerprint density at radius 2 is 2.08 bits per heavy atom. The highest BCUT2D eigenvalue weighted by Gasteiger charge is 2.12. The van der Waals surface area contributed by atoms with Gasteiger partial charge in [-0.15, -0.1) is 11.3 Å². The first-order valence-electron chi connectivity index (χ1n) is 4.05. The van der Waals surface area contributed by atoms with E-state index in [1.54, 1.807) is 11.3 Å².